The van der Waals surface area contributed by atoms with Crippen molar-refractivity contribution in [1.29, 1.82) is 0 Å². The largest absolute Gasteiger partial charge is 0.473 e. The van der Waals surface area contributed by atoms with Crippen LogP contribution in [0.5, 0.6) is 0 Å². The molecule has 0 spiro atoms. The third-order valence-corrected chi connectivity index (χ3v) is 6.22. The van der Waals surface area contributed by atoms with Gasteiger partial charge in [0.1, 0.15) is 0 Å². The molecule has 0 amide bonds. The van der Waals surface area contributed by atoms with Gasteiger partial charge in [-0.25, -0.2) is 4.57 Å². The molecule has 0 fully saturated rings. The maximum Gasteiger partial charge on any atom is 0.473 e. The summed E-state index contributed by atoms with van der Waals surface area (Å²) in [6, 6.07) is 0. The van der Waals surface area contributed by atoms with Gasteiger partial charge in [-0.2, -0.15) is 0 Å². The highest BCUT2D eigenvalue weighted by atomic mass is 31.2. The molecule has 0 aromatic carbocycles. The Hall–Kier alpha value is 0.110. The lowest BCUT2D eigenvalue weighted by Crippen LogP contribution is -2.36. The van der Waals surface area contributed by atoms with Gasteiger partial charge >= 0.3 is 7.82 Å². The van der Waals surface area contributed by atoms with Crippen molar-refractivity contribution in [3.8, 4) is 0 Å². The van der Waals surface area contributed by atoms with Gasteiger partial charge in [-0.1, -0.05) is 61.8 Å². The first kappa shape index (κ1) is 24.1. The molecule has 4 nitrogen and oxygen atoms in total. The Bertz CT molecular complexity index is 441. The zero-order valence-corrected chi connectivity index (χ0v) is 18.5. The maximum absolute atomic E-state index is 12.7. The average molecular weight is 365 g/mol. The third kappa shape index (κ3) is 8.99. The van der Waals surface area contributed by atoms with Crippen LogP contribution in [0.25, 0.3) is 0 Å². The Morgan fingerprint density at radius 3 is 1.42 bits per heavy atom. The van der Waals surface area contributed by atoms with Gasteiger partial charge in [0.05, 0.1) is 11.2 Å². The number of phosphoric acid groups is 1. The first-order valence-corrected chi connectivity index (χ1v) is 10.7. The van der Waals surface area contributed by atoms with Crippen LogP contribution >= 0.6 is 7.82 Å². The van der Waals surface area contributed by atoms with Crippen LogP contribution in [0.2, 0.25) is 0 Å². The van der Waals surface area contributed by atoms with Crippen molar-refractivity contribution < 1.29 is 18.5 Å². The van der Waals surface area contributed by atoms with Gasteiger partial charge in [0.25, 0.3) is 0 Å². The lowest BCUT2D eigenvalue weighted by atomic mass is 9.78. The van der Waals surface area contributed by atoms with Crippen LogP contribution in [0.4, 0.5) is 0 Å². The number of hydrogen-bond acceptors (Lipinski definition) is 3. The van der Waals surface area contributed by atoms with Crippen LogP contribution in [0.1, 0.15) is 101 Å². The summed E-state index contributed by atoms with van der Waals surface area (Å²) in [5.41, 5.74) is -1.31. The summed E-state index contributed by atoms with van der Waals surface area (Å²) >= 11 is 0. The van der Waals surface area contributed by atoms with E-state index in [4.69, 9.17) is 9.05 Å². The number of rotatable bonds is 10. The van der Waals surface area contributed by atoms with E-state index in [-0.39, 0.29) is 10.8 Å². The molecule has 1 N–H and O–H groups in total. The van der Waals surface area contributed by atoms with Crippen LogP contribution in [-0.2, 0) is 13.6 Å². The molecule has 0 heterocycles. The summed E-state index contributed by atoms with van der Waals surface area (Å²) in [4.78, 5) is 10.4. The smallest absolute Gasteiger partial charge is 0.302 e. The quantitative estimate of drug-likeness (QED) is 0.437. The molecular weight excluding hydrogens is 323 g/mol. The van der Waals surface area contributed by atoms with Gasteiger partial charge in [0, 0.05) is 0 Å². The summed E-state index contributed by atoms with van der Waals surface area (Å²) < 4.78 is 24.1. The minimum atomic E-state index is -4.15. The van der Waals surface area contributed by atoms with Crippen molar-refractivity contribution >= 4 is 7.82 Å². The van der Waals surface area contributed by atoms with E-state index in [0.717, 1.165) is 6.42 Å². The van der Waals surface area contributed by atoms with Crippen molar-refractivity contribution in [3.05, 3.63) is 0 Å². The van der Waals surface area contributed by atoms with Gasteiger partial charge in [-0.05, 0) is 50.4 Å². The normalized spacial score (nSPS) is 21.0. The monoisotopic (exact) mass is 364 g/mol. The van der Waals surface area contributed by atoms with Gasteiger partial charge in [0.2, 0.25) is 0 Å². The summed E-state index contributed by atoms with van der Waals surface area (Å²) in [7, 11) is -4.15. The van der Waals surface area contributed by atoms with Crippen molar-refractivity contribution in [1.82, 2.24) is 0 Å². The van der Waals surface area contributed by atoms with E-state index >= 15 is 0 Å². The fourth-order valence-corrected chi connectivity index (χ4v) is 4.82. The molecule has 0 aliphatic rings. The third-order valence-electron chi connectivity index (χ3n) is 4.88. The highest BCUT2D eigenvalue weighted by molar-refractivity contribution is 7.47. The molecule has 3 atom stereocenters. The van der Waals surface area contributed by atoms with E-state index < -0.39 is 19.0 Å². The molecule has 5 heteroatoms. The van der Waals surface area contributed by atoms with Gasteiger partial charge in [-0.3, -0.25) is 9.05 Å². The van der Waals surface area contributed by atoms with E-state index in [1.54, 1.807) is 0 Å². The Kier molecular flexibility index (Phi) is 8.24. The molecule has 0 aliphatic carbocycles. The van der Waals surface area contributed by atoms with E-state index in [0.29, 0.717) is 25.7 Å². The average Bonchev–Trinajstić information content (AvgIpc) is 2.34. The highest BCUT2D eigenvalue weighted by Gasteiger charge is 2.43. The molecule has 146 valence electrons. The summed E-state index contributed by atoms with van der Waals surface area (Å²) in [6.45, 7) is 20.5. The fraction of sp³-hybridized carbons (Fsp3) is 1.00. The van der Waals surface area contributed by atoms with Crippen molar-refractivity contribution in [3.63, 3.8) is 0 Å². The molecule has 0 rings (SSSR count). The molecule has 0 bridgehead atoms. The van der Waals surface area contributed by atoms with Crippen molar-refractivity contribution in [2.75, 3.05) is 0 Å². The number of phosphoric ester groups is 1. The Labute approximate surface area is 150 Å². The summed E-state index contributed by atoms with van der Waals surface area (Å²) in [5, 5.41) is 0. The minimum Gasteiger partial charge on any atom is -0.302 e. The highest BCUT2D eigenvalue weighted by Crippen LogP contribution is 2.55. The van der Waals surface area contributed by atoms with E-state index in [1.807, 2.05) is 27.7 Å². The van der Waals surface area contributed by atoms with Crippen LogP contribution in [0.3, 0.4) is 0 Å². The number of hydrogen-bond donors (Lipinski definition) is 1. The van der Waals surface area contributed by atoms with Crippen LogP contribution < -0.4 is 0 Å². The molecule has 3 unspecified atom stereocenters. The molecule has 0 saturated heterocycles. The maximum atomic E-state index is 12.7. The van der Waals surface area contributed by atoms with E-state index in [9.17, 15) is 9.46 Å². The first-order chi connectivity index (χ1) is 10.5. The predicted octanol–water partition coefficient (Wildman–Crippen LogP) is 6.72. The lowest BCUT2D eigenvalue weighted by molar-refractivity contribution is -0.0424. The lowest BCUT2D eigenvalue weighted by Gasteiger charge is -2.40. The van der Waals surface area contributed by atoms with E-state index in [1.165, 1.54) is 0 Å². The zero-order chi connectivity index (χ0) is 19.4. The van der Waals surface area contributed by atoms with Crippen LogP contribution in [0.15, 0.2) is 0 Å². The Morgan fingerprint density at radius 2 is 1.12 bits per heavy atom. The van der Waals surface area contributed by atoms with Gasteiger partial charge in [-0.15, -0.1) is 0 Å². The second-order valence-electron chi connectivity index (χ2n) is 9.69. The first-order valence-electron chi connectivity index (χ1n) is 9.25. The standard InChI is InChI=1S/C19H41O4P/c1-11-17(7,8)15-19(10,13-3)23-24(20,21)22-18(9,12-2)14-16(4,5)6/h11-15H2,1-10H3,(H,20,21). The zero-order valence-electron chi connectivity index (χ0n) is 17.7. The molecule has 0 aromatic rings. The minimum absolute atomic E-state index is 0.00300. The van der Waals surface area contributed by atoms with Crippen LogP contribution in [-0.4, -0.2) is 16.1 Å². The molecule has 0 aliphatic heterocycles. The van der Waals surface area contributed by atoms with Gasteiger partial charge in [0.15, 0.2) is 0 Å². The molecule has 0 saturated carbocycles. The van der Waals surface area contributed by atoms with Crippen molar-refractivity contribution in [2.24, 2.45) is 10.8 Å². The molecular formula is C19H41O4P. The molecule has 0 aromatic heterocycles. The second-order valence-corrected chi connectivity index (χ2v) is 11.0. The van der Waals surface area contributed by atoms with Crippen molar-refractivity contribution in [2.45, 2.75) is 113 Å². The summed E-state index contributed by atoms with van der Waals surface area (Å²) in [6.07, 6.45) is 3.70. The molecule has 24 heavy (non-hydrogen) atoms. The topological polar surface area (TPSA) is 55.8 Å². The Balaban J connectivity index is 5.25. The second kappa shape index (κ2) is 8.20. The molecule has 0 radical (unpaired) electrons. The van der Waals surface area contributed by atoms with E-state index in [2.05, 4.69) is 41.5 Å². The summed E-state index contributed by atoms with van der Waals surface area (Å²) in [5.74, 6) is 0. The Morgan fingerprint density at radius 1 is 0.750 bits per heavy atom. The van der Waals surface area contributed by atoms with Gasteiger partial charge < -0.3 is 4.89 Å². The predicted molar refractivity (Wildman–Crippen MR) is 102 cm³/mol. The SMILES string of the molecule is CCC(C)(C)CC(C)(CC)OP(=O)(O)OC(C)(CC)CC(C)(C)C. The fourth-order valence-electron chi connectivity index (χ4n) is 3.28. The van der Waals surface area contributed by atoms with Crippen LogP contribution in [0, 0.1) is 10.8 Å².